The molecule has 5 nitrogen and oxygen atoms in total. The maximum Gasteiger partial charge on any atom is 0.288 e. The first-order valence-corrected chi connectivity index (χ1v) is 7.71. The molecule has 0 atom stereocenters. The summed E-state index contributed by atoms with van der Waals surface area (Å²) in [7, 11) is 3.76. The van der Waals surface area contributed by atoms with E-state index in [2.05, 4.69) is 16.2 Å². The molecule has 9 heteroatoms. The standard InChI is InChI=1S/C13H18F2N4OS2/c1-19(2)8-7-11(20)17-18-13(21)16-9-3-5-10(6-4-9)22-12(14)15/h3-6,12H,7-8H2,1-2H3,(H,17,20)(H2,16,18,21). The number of carbonyl (C=O) groups excluding carboxylic acids is 1. The first kappa shape index (κ1) is 18.6. The topological polar surface area (TPSA) is 56.4 Å². The van der Waals surface area contributed by atoms with Gasteiger partial charge in [-0.25, -0.2) is 0 Å². The number of rotatable bonds is 6. The third-order valence-electron chi connectivity index (χ3n) is 2.44. The molecule has 0 aliphatic heterocycles. The number of thioether (sulfide) groups is 1. The molecule has 0 heterocycles. The Morgan fingerprint density at radius 1 is 1.27 bits per heavy atom. The molecule has 1 amide bonds. The van der Waals surface area contributed by atoms with Crippen LogP contribution in [0.1, 0.15) is 6.42 Å². The number of nitrogens with zero attached hydrogens (tertiary/aromatic N) is 1. The monoisotopic (exact) mass is 348 g/mol. The van der Waals surface area contributed by atoms with E-state index < -0.39 is 5.76 Å². The molecule has 1 aromatic rings. The average molecular weight is 348 g/mol. The Labute approximate surface area is 137 Å². The number of thiocarbonyl (C=S) groups is 1. The third-order valence-corrected chi connectivity index (χ3v) is 3.37. The number of carbonyl (C=O) groups is 1. The molecule has 3 N–H and O–H groups in total. The zero-order chi connectivity index (χ0) is 16.5. The summed E-state index contributed by atoms with van der Waals surface area (Å²) in [4.78, 5) is 13.9. The second-order valence-electron chi connectivity index (χ2n) is 4.58. The zero-order valence-electron chi connectivity index (χ0n) is 12.2. The lowest BCUT2D eigenvalue weighted by molar-refractivity contribution is -0.121. The van der Waals surface area contributed by atoms with Crippen molar-refractivity contribution in [3.05, 3.63) is 24.3 Å². The predicted molar refractivity (Wildman–Crippen MR) is 89.0 cm³/mol. The minimum Gasteiger partial charge on any atom is -0.331 e. The Morgan fingerprint density at radius 3 is 2.45 bits per heavy atom. The molecular weight excluding hydrogens is 330 g/mol. The molecule has 22 heavy (non-hydrogen) atoms. The van der Waals surface area contributed by atoms with Crippen LogP contribution in [0.15, 0.2) is 29.2 Å². The molecule has 0 aromatic heterocycles. The molecule has 0 bridgehead atoms. The summed E-state index contributed by atoms with van der Waals surface area (Å²) in [5.41, 5.74) is 5.69. The van der Waals surface area contributed by atoms with Crippen molar-refractivity contribution in [1.82, 2.24) is 15.8 Å². The number of halogens is 2. The van der Waals surface area contributed by atoms with Gasteiger partial charge in [-0.3, -0.25) is 15.6 Å². The molecule has 0 saturated carbocycles. The van der Waals surface area contributed by atoms with Gasteiger partial charge >= 0.3 is 0 Å². The van der Waals surface area contributed by atoms with E-state index in [9.17, 15) is 13.6 Å². The minimum atomic E-state index is -2.45. The van der Waals surface area contributed by atoms with Crippen LogP contribution >= 0.6 is 24.0 Å². The van der Waals surface area contributed by atoms with E-state index >= 15 is 0 Å². The highest BCUT2D eigenvalue weighted by Gasteiger charge is 2.06. The second kappa shape index (κ2) is 9.54. The van der Waals surface area contributed by atoms with Crippen LogP contribution in [0.3, 0.4) is 0 Å². The molecule has 0 saturated heterocycles. The fraction of sp³-hybridized carbons (Fsp3) is 0.385. The molecule has 0 spiro atoms. The number of hydrazine groups is 1. The Kier molecular flexibility index (Phi) is 8.07. The number of anilines is 1. The maximum absolute atomic E-state index is 12.2. The molecule has 0 fully saturated rings. The molecular formula is C13H18F2N4OS2. The summed E-state index contributed by atoms with van der Waals surface area (Å²) in [6, 6.07) is 6.40. The van der Waals surface area contributed by atoms with Crippen LogP contribution in [0.5, 0.6) is 0 Å². The van der Waals surface area contributed by atoms with Crippen molar-refractivity contribution in [2.75, 3.05) is 26.0 Å². The van der Waals surface area contributed by atoms with Crippen LogP contribution in [-0.4, -0.2) is 42.3 Å². The number of nitrogens with one attached hydrogen (secondary N) is 3. The van der Waals surface area contributed by atoms with Gasteiger partial charge in [0.25, 0.3) is 5.76 Å². The number of hydrogen-bond acceptors (Lipinski definition) is 4. The van der Waals surface area contributed by atoms with Crippen LogP contribution < -0.4 is 16.2 Å². The Morgan fingerprint density at radius 2 is 1.91 bits per heavy atom. The van der Waals surface area contributed by atoms with Gasteiger partial charge in [-0.1, -0.05) is 11.8 Å². The lowest BCUT2D eigenvalue weighted by atomic mass is 10.3. The van der Waals surface area contributed by atoms with Crippen LogP contribution in [-0.2, 0) is 4.79 Å². The van der Waals surface area contributed by atoms with E-state index in [0.717, 1.165) is 0 Å². The third kappa shape index (κ3) is 8.11. The van der Waals surface area contributed by atoms with Crippen LogP contribution in [0.2, 0.25) is 0 Å². The van der Waals surface area contributed by atoms with Crippen molar-refractivity contribution in [2.45, 2.75) is 17.1 Å². The van der Waals surface area contributed by atoms with E-state index in [4.69, 9.17) is 12.2 Å². The normalized spacial score (nSPS) is 10.6. The summed E-state index contributed by atoms with van der Waals surface area (Å²) in [6.45, 7) is 0.636. The van der Waals surface area contributed by atoms with E-state index in [1.807, 2.05) is 19.0 Å². The Hall–Kier alpha value is -1.45. The zero-order valence-corrected chi connectivity index (χ0v) is 13.9. The van der Waals surface area contributed by atoms with Gasteiger partial charge in [0.2, 0.25) is 5.91 Å². The van der Waals surface area contributed by atoms with Crippen LogP contribution in [0.4, 0.5) is 14.5 Å². The van der Waals surface area contributed by atoms with Crippen molar-refractivity contribution in [2.24, 2.45) is 0 Å². The van der Waals surface area contributed by atoms with E-state index in [-0.39, 0.29) is 11.0 Å². The molecule has 1 rings (SSSR count). The fourth-order valence-electron chi connectivity index (χ4n) is 1.40. The van der Waals surface area contributed by atoms with Gasteiger partial charge in [0.1, 0.15) is 0 Å². The lowest BCUT2D eigenvalue weighted by Gasteiger charge is -2.13. The molecule has 0 aliphatic rings. The van der Waals surface area contributed by atoms with Gasteiger partial charge in [-0.05, 0) is 50.6 Å². The van der Waals surface area contributed by atoms with Crippen LogP contribution in [0.25, 0.3) is 0 Å². The van der Waals surface area contributed by atoms with Crippen molar-refractivity contribution in [3.63, 3.8) is 0 Å². The van der Waals surface area contributed by atoms with Gasteiger partial charge in [-0.15, -0.1) is 0 Å². The van der Waals surface area contributed by atoms with Gasteiger partial charge in [0.15, 0.2) is 5.11 Å². The van der Waals surface area contributed by atoms with E-state index in [0.29, 0.717) is 35.3 Å². The average Bonchev–Trinajstić information content (AvgIpc) is 2.44. The second-order valence-corrected chi connectivity index (χ2v) is 6.06. The highest BCUT2D eigenvalue weighted by molar-refractivity contribution is 7.99. The summed E-state index contributed by atoms with van der Waals surface area (Å²) < 4.78 is 24.4. The molecule has 0 unspecified atom stereocenters. The van der Waals surface area contributed by atoms with Crippen molar-refractivity contribution in [1.29, 1.82) is 0 Å². The smallest absolute Gasteiger partial charge is 0.288 e. The van der Waals surface area contributed by atoms with Crippen molar-refractivity contribution in [3.8, 4) is 0 Å². The maximum atomic E-state index is 12.2. The van der Waals surface area contributed by atoms with Gasteiger partial charge in [0.05, 0.1) is 0 Å². The Balaban J connectivity index is 2.34. The Bertz CT molecular complexity index is 497. The summed E-state index contributed by atoms with van der Waals surface area (Å²) in [6.07, 6.45) is 0.349. The van der Waals surface area contributed by atoms with Gasteiger partial charge in [0, 0.05) is 23.5 Å². The number of amides is 1. The SMILES string of the molecule is CN(C)CCC(=O)NNC(=S)Nc1ccc(SC(F)F)cc1. The van der Waals surface area contributed by atoms with E-state index in [1.165, 1.54) is 0 Å². The summed E-state index contributed by atoms with van der Waals surface area (Å²) in [5, 5.41) is 3.06. The predicted octanol–water partition coefficient (Wildman–Crippen LogP) is 2.27. The van der Waals surface area contributed by atoms with E-state index in [1.54, 1.807) is 24.3 Å². The number of hydrogen-bond donors (Lipinski definition) is 3. The quantitative estimate of drug-likeness (QED) is 0.417. The van der Waals surface area contributed by atoms with Gasteiger partial charge < -0.3 is 10.2 Å². The highest BCUT2D eigenvalue weighted by Crippen LogP contribution is 2.26. The highest BCUT2D eigenvalue weighted by atomic mass is 32.2. The largest absolute Gasteiger partial charge is 0.331 e. The van der Waals surface area contributed by atoms with Crippen LogP contribution in [0, 0.1) is 0 Å². The fourth-order valence-corrected chi connectivity index (χ4v) is 2.06. The molecule has 0 aliphatic carbocycles. The molecule has 122 valence electrons. The number of benzene rings is 1. The first-order valence-electron chi connectivity index (χ1n) is 6.42. The summed E-state index contributed by atoms with van der Waals surface area (Å²) in [5.74, 6) is -2.62. The molecule has 1 aromatic carbocycles. The lowest BCUT2D eigenvalue weighted by Crippen LogP contribution is -2.44. The molecule has 0 radical (unpaired) electrons. The van der Waals surface area contributed by atoms with Crippen molar-refractivity contribution >= 4 is 40.7 Å². The first-order chi connectivity index (χ1) is 10.4. The minimum absolute atomic E-state index is 0.179. The van der Waals surface area contributed by atoms with Crippen molar-refractivity contribution < 1.29 is 13.6 Å². The van der Waals surface area contributed by atoms with Gasteiger partial charge in [-0.2, -0.15) is 8.78 Å². The summed E-state index contributed by atoms with van der Waals surface area (Å²) >= 11 is 5.50. The number of alkyl halides is 2.